The van der Waals surface area contributed by atoms with Gasteiger partial charge in [-0.2, -0.15) is 0 Å². The van der Waals surface area contributed by atoms with E-state index in [4.69, 9.17) is 9.84 Å². The van der Waals surface area contributed by atoms with Crippen LogP contribution in [0.15, 0.2) is 29.4 Å². The first-order chi connectivity index (χ1) is 12.7. The van der Waals surface area contributed by atoms with Crippen LogP contribution >= 0.6 is 0 Å². The first kappa shape index (κ1) is 17.6. The zero-order chi connectivity index (χ0) is 18.1. The predicted molar refractivity (Wildman–Crippen MR) is 98.8 cm³/mol. The first-order valence-electron chi connectivity index (χ1n) is 9.84. The Labute approximate surface area is 154 Å². The molecule has 2 aliphatic heterocycles. The summed E-state index contributed by atoms with van der Waals surface area (Å²) in [4.78, 5) is 12.6. The number of ether oxygens (including phenoxy) is 1. The van der Waals surface area contributed by atoms with E-state index in [1.807, 2.05) is 19.1 Å². The number of rotatable bonds is 4. The predicted octanol–water partition coefficient (Wildman–Crippen LogP) is 3.64. The number of carbonyl (C=O) groups is 1. The van der Waals surface area contributed by atoms with Crippen LogP contribution < -0.4 is 4.70 Å². The van der Waals surface area contributed by atoms with Gasteiger partial charge in [0.25, 0.3) is 0 Å². The molecular weight excluding hydrogens is 333 g/mol. The Kier molecular flexibility index (Phi) is 4.80. The van der Waals surface area contributed by atoms with E-state index in [0.717, 1.165) is 57.3 Å². The number of nitrogens with zero attached hydrogens (tertiary/aromatic N) is 3. The molecule has 0 spiro atoms. The van der Waals surface area contributed by atoms with Gasteiger partial charge in [0.2, 0.25) is 0 Å². The number of hydrogen-bond donors (Lipinski definition) is 0. The summed E-state index contributed by atoms with van der Waals surface area (Å²) < 4.78 is 19.2. The molecule has 0 bridgehead atoms. The van der Waals surface area contributed by atoms with Crippen molar-refractivity contribution < 1.29 is 13.9 Å². The van der Waals surface area contributed by atoms with Crippen LogP contribution in [-0.2, 0) is 9.53 Å². The molecule has 3 unspecified atom stereocenters. The molecule has 2 heterocycles. The molecule has 3 atom stereocenters. The van der Waals surface area contributed by atoms with E-state index in [9.17, 15) is 9.18 Å². The normalized spacial score (nSPS) is 31.5. The number of hydrogen-bond acceptors (Lipinski definition) is 4. The monoisotopic (exact) mass is 360 g/mol. The molecule has 1 aliphatic carbocycles. The van der Waals surface area contributed by atoms with E-state index >= 15 is 0 Å². The third-order valence-corrected chi connectivity index (χ3v) is 6.01. The second kappa shape index (κ2) is 7.08. The van der Waals surface area contributed by atoms with Crippen molar-refractivity contribution in [2.45, 2.75) is 51.5 Å². The van der Waals surface area contributed by atoms with Gasteiger partial charge in [0.1, 0.15) is 11.9 Å². The van der Waals surface area contributed by atoms with Gasteiger partial charge in [0, 0.05) is 18.6 Å². The Hall–Kier alpha value is -1.79. The number of fused-ring (bicyclic) bond motifs is 1. The zero-order valence-corrected chi connectivity index (χ0v) is 15.4. The quantitative estimate of drug-likeness (QED) is 0.608. The minimum Gasteiger partial charge on any atom is -0.461 e. The highest BCUT2D eigenvalue weighted by atomic mass is 19.1. The average molecular weight is 360 g/mol. The van der Waals surface area contributed by atoms with Crippen LogP contribution in [0.5, 0.6) is 0 Å². The van der Waals surface area contributed by atoms with Crippen LogP contribution in [0, 0.1) is 11.7 Å². The second-order valence-corrected chi connectivity index (χ2v) is 7.45. The maximum Gasteiger partial charge on any atom is 0.358 e. The lowest BCUT2D eigenvalue weighted by Gasteiger charge is -2.42. The van der Waals surface area contributed by atoms with E-state index in [2.05, 4.69) is 5.01 Å². The molecule has 2 fully saturated rings. The van der Waals surface area contributed by atoms with Crippen LogP contribution in [0.25, 0.3) is 0 Å². The first-order valence-corrected chi connectivity index (χ1v) is 9.84. The molecule has 26 heavy (non-hydrogen) atoms. The van der Waals surface area contributed by atoms with Crippen molar-refractivity contribution in [2.75, 3.05) is 19.7 Å². The van der Waals surface area contributed by atoms with Gasteiger partial charge < -0.3 is 4.74 Å². The molecule has 1 saturated carbocycles. The fourth-order valence-corrected chi connectivity index (χ4v) is 4.92. The molecule has 0 radical (unpaired) electrons. The van der Waals surface area contributed by atoms with Gasteiger partial charge in [-0.1, -0.05) is 16.2 Å². The Bertz CT molecular complexity index is 700. The smallest absolute Gasteiger partial charge is 0.358 e. The van der Waals surface area contributed by atoms with Crippen molar-refractivity contribution in [2.24, 2.45) is 11.0 Å². The Balaban J connectivity index is 1.84. The third kappa shape index (κ3) is 2.76. The summed E-state index contributed by atoms with van der Waals surface area (Å²) in [5.41, 5.74) is 1.53. The summed E-state index contributed by atoms with van der Waals surface area (Å²) in [5, 5.41) is 7.41. The minimum absolute atomic E-state index is 0.119. The van der Waals surface area contributed by atoms with Crippen LogP contribution in [-0.4, -0.2) is 42.4 Å². The molecular formula is C20H27FN3O2+. The van der Waals surface area contributed by atoms with Crippen molar-refractivity contribution in [3.8, 4) is 0 Å². The van der Waals surface area contributed by atoms with Crippen LogP contribution in [0.3, 0.4) is 0 Å². The van der Waals surface area contributed by atoms with Gasteiger partial charge in [-0.15, -0.1) is 5.01 Å². The topological polar surface area (TPSA) is 41.9 Å². The van der Waals surface area contributed by atoms with Crippen molar-refractivity contribution in [3.05, 3.63) is 30.1 Å². The van der Waals surface area contributed by atoms with Gasteiger partial charge in [-0.3, -0.25) is 0 Å². The van der Waals surface area contributed by atoms with E-state index in [1.54, 1.807) is 0 Å². The maximum absolute atomic E-state index is 13.6. The van der Waals surface area contributed by atoms with Crippen molar-refractivity contribution in [1.29, 1.82) is 0 Å². The standard InChI is InChI=1S/C20H27FN3O2/c1-2-26-20(25)19-17-7-3-4-8-18(17)24(22-19,23-13-5-6-14-23)16-11-9-15(21)10-12-16/h9-12,17-18H,2-8,13-14H2,1H3/q+1. The van der Waals surface area contributed by atoms with Crippen LogP contribution in [0.1, 0.15) is 45.4 Å². The summed E-state index contributed by atoms with van der Waals surface area (Å²) in [6.07, 6.45) is 6.50. The van der Waals surface area contributed by atoms with Gasteiger partial charge >= 0.3 is 5.97 Å². The maximum atomic E-state index is 13.6. The summed E-state index contributed by atoms with van der Waals surface area (Å²) in [7, 11) is 0. The lowest BCUT2D eigenvalue weighted by atomic mass is 9.81. The number of carbonyl (C=O) groups excluding carboxylic acids is 1. The molecule has 6 heteroatoms. The van der Waals surface area contributed by atoms with Gasteiger partial charge in [-0.25, -0.2) is 9.18 Å². The van der Waals surface area contributed by atoms with Gasteiger partial charge in [0.05, 0.1) is 25.6 Å². The molecule has 0 aromatic heterocycles. The highest BCUT2D eigenvalue weighted by Crippen LogP contribution is 2.46. The van der Waals surface area contributed by atoms with E-state index in [-0.39, 0.29) is 23.7 Å². The van der Waals surface area contributed by atoms with Gasteiger partial charge in [-0.05, 0) is 44.7 Å². The highest BCUT2D eigenvalue weighted by molar-refractivity contribution is 6.38. The molecule has 1 aromatic rings. The van der Waals surface area contributed by atoms with E-state index in [1.165, 1.54) is 12.1 Å². The Morgan fingerprint density at radius 2 is 1.88 bits per heavy atom. The van der Waals surface area contributed by atoms with E-state index in [0.29, 0.717) is 17.0 Å². The number of esters is 1. The molecule has 5 nitrogen and oxygen atoms in total. The summed E-state index contributed by atoms with van der Waals surface area (Å²) in [6.45, 7) is 4.07. The van der Waals surface area contributed by atoms with E-state index < -0.39 is 0 Å². The minimum atomic E-state index is -0.286. The van der Waals surface area contributed by atoms with Crippen molar-refractivity contribution in [1.82, 2.24) is 9.71 Å². The molecule has 140 valence electrons. The Morgan fingerprint density at radius 3 is 2.58 bits per heavy atom. The molecule has 0 amide bonds. The SMILES string of the molecule is CCOC(=O)C1=N[N+](c2ccc(F)cc2)(N2CCCC2)C2CCCCC12. The lowest BCUT2D eigenvalue weighted by molar-refractivity contribution is -0.135. The average Bonchev–Trinajstić information content (AvgIpc) is 3.29. The van der Waals surface area contributed by atoms with Crippen molar-refractivity contribution >= 4 is 17.4 Å². The van der Waals surface area contributed by atoms with Crippen LogP contribution in [0.2, 0.25) is 0 Å². The third-order valence-electron chi connectivity index (χ3n) is 6.01. The number of benzene rings is 1. The fourth-order valence-electron chi connectivity index (χ4n) is 4.92. The lowest BCUT2D eigenvalue weighted by Crippen LogP contribution is -2.62. The summed E-state index contributed by atoms with van der Waals surface area (Å²) in [5.74, 6) is -0.415. The Morgan fingerprint density at radius 1 is 1.19 bits per heavy atom. The zero-order valence-electron chi connectivity index (χ0n) is 15.4. The largest absolute Gasteiger partial charge is 0.461 e. The fraction of sp³-hybridized carbons (Fsp3) is 0.600. The molecule has 1 saturated heterocycles. The molecule has 3 aliphatic rings. The number of halogens is 1. The molecule has 4 rings (SSSR count). The molecule has 0 N–H and O–H groups in total. The number of quaternary nitrogens is 1. The molecule has 1 aromatic carbocycles. The van der Waals surface area contributed by atoms with Gasteiger partial charge in [0.15, 0.2) is 11.4 Å². The van der Waals surface area contributed by atoms with Crippen LogP contribution in [0.4, 0.5) is 10.1 Å². The van der Waals surface area contributed by atoms with Crippen molar-refractivity contribution in [3.63, 3.8) is 0 Å². The highest BCUT2D eigenvalue weighted by Gasteiger charge is 2.59. The second-order valence-electron chi connectivity index (χ2n) is 7.45. The summed E-state index contributed by atoms with van der Waals surface area (Å²) in [6, 6.07) is 6.86. The summed E-state index contributed by atoms with van der Waals surface area (Å²) >= 11 is 0.